The zero-order chi connectivity index (χ0) is 6.53. The van der Waals surface area contributed by atoms with E-state index in [1.54, 1.807) is 0 Å². The molecule has 50 valence electrons. The monoisotopic (exact) mass is 125 g/mol. The van der Waals surface area contributed by atoms with Gasteiger partial charge in [-0.3, -0.25) is 4.99 Å². The average molecular weight is 125 g/mol. The van der Waals surface area contributed by atoms with Crippen molar-refractivity contribution in [3.05, 3.63) is 11.8 Å². The largest absolute Gasteiger partial charge is 0.396 e. The molecule has 0 saturated carbocycles. The van der Waals surface area contributed by atoms with Crippen LogP contribution in [-0.4, -0.2) is 17.9 Å². The SMILES string of the molecule is OCCC1=CN=CCC1. The molecular weight excluding hydrogens is 114 g/mol. The number of aliphatic imine (C=N–C) groups is 1. The molecule has 0 spiro atoms. The van der Waals surface area contributed by atoms with Gasteiger partial charge in [0.25, 0.3) is 0 Å². The summed E-state index contributed by atoms with van der Waals surface area (Å²) >= 11 is 0. The van der Waals surface area contributed by atoms with E-state index in [-0.39, 0.29) is 6.61 Å². The van der Waals surface area contributed by atoms with E-state index in [2.05, 4.69) is 4.99 Å². The van der Waals surface area contributed by atoms with Crippen LogP contribution in [0.25, 0.3) is 0 Å². The van der Waals surface area contributed by atoms with Gasteiger partial charge in [-0.2, -0.15) is 0 Å². The van der Waals surface area contributed by atoms with Crippen molar-refractivity contribution in [1.82, 2.24) is 0 Å². The van der Waals surface area contributed by atoms with E-state index < -0.39 is 0 Å². The van der Waals surface area contributed by atoms with Crippen LogP contribution in [0.5, 0.6) is 0 Å². The summed E-state index contributed by atoms with van der Waals surface area (Å²) in [5, 5.41) is 8.53. The molecule has 2 nitrogen and oxygen atoms in total. The second-order valence-electron chi connectivity index (χ2n) is 2.13. The highest BCUT2D eigenvalue weighted by atomic mass is 16.2. The molecule has 0 aliphatic carbocycles. The zero-order valence-corrected chi connectivity index (χ0v) is 5.38. The fourth-order valence-corrected chi connectivity index (χ4v) is 0.880. The summed E-state index contributed by atoms with van der Waals surface area (Å²) in [5.74, 6) is 0. The molecule has 0 fully saturated rings. The second kappa shape index (κ2) is 3.41. The number of rotatable bonds is 2. The van der Waals surface area contributed by atoms with Gasteiger partial charge in [-0.05, 0) is 24.8 Å². The Bertz CT molecular complexity index is 138. The van der Waals surface area contributed by atoms with Crippen LogP contribution in [0.2, 0.25) is 0 Å². The summed E-state index contributed by atoms with van der Waals surface area (Å²) < 4.78 is 0. The van der Waals surface area contributed by atoms with Gasteiger partial charge in [-0.25, -0.2) is 0 Å². The summed E-state index contributed by atoms with van der Waals surface area (Å²) in [6.45, 7) is 0.251. The molecule has 1 aliphatic rings. The van der Waals surface area contributed by atoms with E-state index in [0.29, 0.717) is 0 Å². The smallest absolute Gasteiger partial charge is 0.0468 e. The molecule has 1 N–H and O–H groups in total. The lowest BCUT2D eigenvalue weighted by molar-refractivity contribution is 0.298. The van der Waals surface area contributed by atoms with Crippen LogP contribution in [0.1, 0.15) is 19.3 Å². The van der Waals surface area contributed by atoms with Gasteiger partial charge in [0.05, 0.1) is 0 Å². The molecule has 1 heterocycles. The maximum atomic E-state index is 8.53. The lowest BCUT2D eigenvalue weighted by Crippen LogP contribution is -1.93. The third kappa shape index (κ3) is 1.98. The van der Waals surface area contributed by atoms with E-state index in [1.807, 2.05) is 12.4 Å². The van der Waals surface area contributed by atoms with Crippen LogP contribution in [0.4, 0.5) is 0 Å². The van der Waals surface area contributed by atoms with Crippen LogP contribution >= 0.6 is 0 Å². The quantitative estimate of drug-likeness (QED) is 0.589. The van der Waals surface area contributed by atoms with Gasteiger partial charge in [-0.1, -0.05) is 0 Å². The first-order valence-electron chi connectivity index (χ1n) is 3.24. The van der Waals surface area contributed by atoms with Crippen LogP contribution in [0.3, 0.4) is 0 Å². The molecule has 1 rings (SSSR count). The van der Waals surface area contributed by atoms with Crippen molar-refractivity contribution >= 4 is 6.21 Å². The fourth-order valence-electron chi connectivity index (χ4n) is 0.880. The van der Waals surface area contributed by atoms with E-state index in [1.165, 1.54) is 5.57 Å². The fraction of sp³-hybridized carbons (Fsp3) is 0.571. The number of hydrogen-bond donors (Lipinski definition) is 1. The third-order valence-electron chi connectivity index (χ3n) is 1.39. The van der Waals surface area contributed by atoms with Gasteiger partial charge < -0.3 is 5.11 Å². The van der Waals surface area contributed by atoms with Crippen molar-refractivity contribution in [3.8, 4) is 0 Å². The van der Waals surface area contributed by atoms with E-state index >= 15 is 0 Å². The third-order valence-corrected chi connectivity index (χ3v) is 1.39. The minimum absolute atomic E-state index is 0.251. The molecule has 0 aromatic carbocycles. The summed E-state index contributed by atoms with van der Waals surface area (Å²) in [6.07, 6.45) is 6.65. The zero-order valence-electron chi connectivity index (χ0n) is 5.38. The molecule has 9 heavy (non-hydrogen) atoms. The van der Waals surface area contributed by atoms with Crippen LogP contribution in [0, 0.1) is 0 Å². The van der Waals surface area contributed by atoms with Gasteiger partial charge in [0.1, 0.15) is 0 Å². The summed E-state index contributed by atoms with van der Waals surface area (Å²) in [7, 11) is 0. The minimum Gasteiger partial charge on any atom is -0.396 e. The maximum Gasteiger partial charge on any atom is 0.0468 e. The van der Waals surface area contributed by atoms with Crippen molar-refractivity contribution in [1.29, 1.82) is 0 Å². The Hall–Kier alpha value is -0.630. The van der Waals surface area contributed by atoms with Crippen molar-refractivity contribution < 1.29 is 5.11 Å². The van der Waals surface area contributed by atoms with Crippen molar-refractivity contribution in [2.75, 3.05) is 6.61 Å². The average Bonchev–Trinajstić information content (AvgIpc) is 1.91. The Balaban J connectivity index is 2.38. The number of aliphatic hydroxyl groups excluding tert-OH is 1. The van der Waals surface area contributed by atoms with Crippen LogP contribution < -0.4 is 0 Å². The molecule has 0 saturated heterocycles. The summed E-state index contributed by atoms with van der Waals surface area (Å²) in [6, 6.07) is 0. The first-order valence-corrected chi connectivity index (χ1v) is 3.24. The molecule has 0 atom stereocenters. The lowest BCUT2D eigenvalue weighted by atomic mass is 10.1. The standard InChI is InChI=1S/C7H11NO/c9-5-3-7-2-1-4-8-6-7/h4,6,9H,1-3,5H2. The number of nitrogens with zero attached hydrogens (tertiary/aromatic N) is 1. The topological polar surface area (TPSA) is 32.6 Å². The predicted octanol–water partition coefficient (Wildman–Crippen LogP) is 1.12. The van der Waals surface area contributed by atoms with E-state index in [0.717, 1.165) is 19.3 Å². The Labute approximate surface area is 54.9 Å². The highest BCUT2D eigenvalue weighted by molar-refractivity contribution is 5.60. The Kier molecular flexibility index (Phi) is 2.46. The molecule has 0 aromatic rings. The Morgan fingerprint density at radius 3 is 3.11 bits per heavy atom. The number of aliphatic hydroxyl groups is 1. The van der Waals surface area contributed by atoms with Crippen molar-refractivity contribution in [3.63, 3.8) is 0 Å². The van der Waals surface area contributed by atoms with Gasteiger partial charge in [-0.15, -0.1) is 0 Å². The van der Waals surface area contributed by atoms with E-state index in [9.17, 15) is 0 Å². The summed E-state index contributed by atoms with van der Waals surface area (Å²) in [4.78, 5) is 3.98. The van der Waals surface area contributed by atoms with E-state index in [4.69, 9.17) is 5.11 Å². The van der Waals surface area contributed by atoms with Gasteiger partial charge in [0, 0.05) is 19.0 Å². The predicted molar refractivity (Wildman–Crippen MR) is 37.5 cm³/mol. The van der Waals surface area contributed by atoms with Crippen molar-refractivity contribution in [2.24, 2.45) is 4.99 Å². The maximum absolute atomic E-state index is 8.53. The highest BCUT2D eigenvalue weighted by Crippen LogP contribution is 2.11. The highest BCUT2D eigenvalue weighted by Gasteiger charge is 1.97. The lowest BCUT2D eigenvalue weighted by Gasteiger charge is -2.04. The first-order chi connectivity index (χ1) is 4.43. The van der Waals surface area contributed by atoms with Gasteiger partial charge in [0.15, 0.2) is 0 Å². The molecule has 0 amide bonds. The molecule has 0 radical (unpaired) electrons. The van der Waals surface area contributed by atoms with Gasteiger partial charge >= 0.3 is 0 Å². The normalized spacial score (nSPS) is 17.7. The molecular formula is C7H11NO. The number of hydrogen-bond acceptors (Lipinski definition) is 2. The Morgan fingerprint density at radius 1 is 1.67 bits per heavy atom. The van der Waals surface area contributed by atoms with Crippen molar-refractivity contribution in [2.45, 2.75) is 19.3 Å². The Morgan fingerprint density at radius 2 is 2.56 bits per heavy atom. The molecule has 0 aromatic heterocycles. The molecule has 1 aliphatic heterocycles. The minimum atomic E-state index is 0.251. The second-order valence-corrected chi connectivity index (χ2v) is 2.13. The van der Waals surface area contributed by atoms with Crippen LogP contribution in [-0.2, 0) is 0 Å². The molecule has 2 heteroatoms. The summed E-state index contributed by atoms with van der Waals surface area (Å²) in [5.41, 5.74) is 1.26. The first kappa shape index (κ1) is 6.49. The van der Waals surface area contributed by atoms with Gasteiger partial charge in [0.2, 0.25) is 0 Å². The molecule has 0 unspecified atom stereocenters. The molecule has 0 bridgehead atoms. The van der Waals surface area contributed by atoms with Crippen LogP contribution in [0.15, 0.2) is 16.8 Å².